The molecular weight excluding hydrogens is 491 g/mol. The summed E-state index contributed by atoms with van der Waals surface area (Å²) >= 11 is 12.6. The lowest BCUT2D eigenvalue weighted by molar-refractivity contribution is -0.141. The fourth-order valence-corrected chi connectivity index (χ4v) is 4.75. The van der Waals surface area contributed by atoms with Crippen molar-refractivity contribution in [2.75, 3.05) is 0 Å². The van der Waals surface area contributed by atoms with E-state index in [0.29, 0.717) is 16.5 Å². The van der Waals surface area contributed by atoms with E-state index in [1.807, 2.05) is 87.5 Å². The van der Waals surface area contributed by atoms with Gasteiger partial charge >= 0.3 is 0 Å². The van der Waals surface area contributed by atoms with Crippen molar-refractivity contribution in [2.45, 2.75) is 64.6 Å². The highest BCUT2D eigenvalue weighted by atomic mass is 35.5. The standard InChI is InChI=1S/C30H34Cl2N2O2/c1-4-21(3)33-30(36)28(5-2)34(20-24-16-17-25(31)18-27(24)32)29(35)19-26(22-12-8-6-9-13-22)23-14-10-7-11-15-23/h6-18,21,26,28H,4-5,19-20H2,1-3H3,(H,33,36)/t21-,28-/m1/s1. The van der Waals surface area contributed by atoms with E-state index in [1.54, 1.807) is 17.0 Å². The first-order valence-electron chi connectivity index (χ1n) is 12.5. The lowest BCUT2D eigenvalue weighted by atomic mass is 9.88. The van der Waals surface area contributed by atoms with Crippen LogP contribution in [-0.4, -0.2) is 28.8 Å². The summed E-state index contributed by atoms with van der Waals surface area (Å²) in [6.45, 7) is 6.13. The molecular formula is C30H34Cl2N2O2. The molecule has 36 heavy (non-hydrogen) atoms. The predicted octanol–water partition coefficient (Wildman–Crippen LogP) is 7.24. The van der Waals surface area contributed by atoms with Crippen molar-refractivity contribution in [3.05, 3.63) is 106 Å². The summed E-state index contributed by atoms with van der Waals surface area (Å²) in [7, 11) is 0. The van der Waals surface area contributed by atoms with Gasteiger partial charge in [0.2, 0.25) is 11.8 Å². The Morgan fingerprint density at radius 2 is 1.44 bits per heavy atom. The number of benzene rings is 3. The molecule has 0 aliphatic heterocycles. The SMILES string of the molecule is CC[C@@H](C)NC(=O)[C@@H](CC)N(Cc1ccc(Cl)cc1Cl)C(=O)CC(c1ccccc1)c1ccccc1. The summed E-state index contributed by atoms with van der Waals surface area (Å²) < 4.78 is 0. The van der Waals surface area contributed by atoms with Crippen molar-refractivity contribution in [3.63, 3.8) is 0 Å². The van der Waals surface area contributed by atoms with Crippen LogP contribution in [0.1, 0.15) is 62.6 Å². The fourth-order valence-electron chi connectivity index (χ4n) is 4.28. The van der Waals surface area contributed by atoms with E-state index in [9.17, 15) is 9.59 Å². The molecule has 0 fully saturated rings. The Labute approximate surface area is 224 Å². The lowest BCUT2D eigenvalue weighted by Gasteiger charge is -2.33. The van der Waals surface area contributed by atoms with E-state index in [1.165, 1.54) is 0 Å². The van der Waals surface area contributed by atoms with Crippen molar-refractivity contribution < 1.29 is 9.59 Å². The fraction of sp³-hybridized carbons (Fsp3) is 0.333. The monoisotopic (exact) mass is 524 g/mol. The molecule has 2 atom stereocenters. The second kappa shape index (κ2) is 13.5. The average molecular weight is 526 g/mol. The number of nitrogens with one attached hydrogen (secondary N) is 1. The van der Waals surface area contributed by atoms with Gasteiger partial charge < -0.3 is 10.2 Å². The molecule has 3 aromatic carbocycles. The number of hydrogen-bond donors (Lipinski definition) is 1. The van der Waals surface area contributed by atoms with Gasteiger partial charge in [0.25, 0.3) is 0 Å². The van der Waals surface area contributed by atoms with Gasteiger partial charge in [-0.3, -0.25) is 9.59 Å². The molecule has 1 N–H and O–H groups in total. The van der Waals surface area contributed by atoms with E-state index < -0.39 is 6.04 Å². The highest BCUT2D eigenvalue weighted by Gasteiger charge is 2.31. The van der Waals surface area contributed by atoms with Crippen molar-refractivity contribution >= 4 is 35.0 Å². The number of hydrogen-bond acceptors (Lipinski definition) is 2. The zero-order valence-corrected chi connectivity index (χ0v) is 22.6. The molecule has 0 saturated heterocycles. The molecule has 4 nitrogen and oxygen atoms in total. The zero-order chi connectivity index (χ0) is 26.1. The number of rotatable bonds is 11. The van der Waals surface area contributed by atoms with Gasteiger partial charge in [-0.2, -0.15) is 0 Å². The van der Waals surface area contributed by atoms with Crippen molar-refractivity contribution in [3.8, 4) is 0 Å². The molecule has 3 rings (SSSR count). The highest BCUT2D eigenvalue weighted by Crippen LogP contribution is 2.30. The first kappa shape index (κ1) is 27.8. The summed E-state index contributed by atoms with van der Waals surface area (Å²) in [4.78, 5) is 29.0. The third kappa shape index (κ3) is 7.35. The van der Waals surface area contributed by atoms with Crippen LogP contribution in [0.3, 0.4) is 0 Å². The topological polar surface area (TPSA) is 49.4 Å². The first-order valence-corrected chi connectivity index (χ1v) is 13.2. The molecule has 2 amide bonds. The van der Waals surface area contributed by atoms with E-state index in [2.05, 4.69) is 5.32 Å². The molecule has 190 valence electrons. The van der Waals surface area contributed by atoms with Crippen LogP contribution in [0.2, 0.25) is 10.0 Å². The van der Waals surface area contributed by atoms with Crippen molar-refractivity contribution in [1.82, 2.24) is 10.2 Å². The predicted molar refractivity (Wildman–Crippen MR) is 148 cm³/mol. The van der Waals surface area contributed by atoms with E-state index in [-0.39, 0.29) is 36.7 Å². The number of halogens is 2. The van der Waals surface area contributed by atoms with Gasteiger partial charge in [-0.05, 0) is 48.6 Å². The van der Waals surface area contributed by atoms with Gasteiger partial charge in [0.1, 0.15) is 6.04 Å². The van der Waals surface area contributed by atoms with Gasteiger partial charge in [-0.15, -0.1) is 0 Å². The summed E-state index contributed by atoms with van der Waals surface area (Å²) in [5.74, 6) is -0.399. The average Bonchev–Trinajstić information content (AvgIpc) is 2.89. The highest BCUT2D eigenvalue weighted by molar-refractivity contribution is 6.35. The van der Waals surface area contributed by atoms with Crippen LogP contribution in [0, 0.1) is 0 Å². The van der Waals surface area contributed by atoms with Crippen LogP contribution >= 0.6 is 23.2 Å². The van der Waals surface area contributed by atoms with Gasteiger partial charge in [-0.25, -0.2) is 0 Å². The number of carbonyl (C=O) groups is 2. The minimum absolute atomic E-state index is 0.0176. The number of nitrogens with zero attached hydrogens (tertiary/aromatic N) is 1. The molecule has 0 heterocycles. The molecule has 3 aromatic rings. The van der Waals surface area contributed by atoms with Crippen LogP contribution in [0.25, 0.3) is 0 Å². The number of amides is 2. The first-order chi connectivity index (χ1) is 17.3. The zero-order valence-electron chi connectivity index (χ0n) is 21.1. The second-order valence-electron chi connectivity index (χ2n) is 9.08. The maximum absolute atomic E-state index is 14.0. The van der Waals surface area contributed by atoms with Gasteiger partial charge in [-0.1, -0.05) is 104 Å². The van der Waals surface area contributed by atoms with Gasteiger partial charge in [0.15, 0.2) is 0 Å². The smallest absolute Gasteiger partial charge is 0.243 e. The Morgan fingerprint density at radius 3 is 1.94 bits per heavy atom. The molecule has 6 heteroatoms. The summed E-state index contributed by atoms with van der Waals surface area (Å²) in [6, 6.07) is 24.7. The third-order valence-electron chi connectivity index (χ3n) is 6.53. The maximum atomic E-state index is 14.0. The van der Waals surface area contributed by atoms with Crippen molar-refractivity contribution in [1.29, 1.82) is 0 Å². The van der Waals surface area contributed by atoms with Crippen LogP contribution in [-0.2, 0) is 16.1 Å². The summed E-state index contributed by atoms with van der Waals surface area (Å²) in [6.07, 6.45) is 1.52. The Morgan fingerprint density at radius 1 is 0.861 bits per heavy atom. The molecule has 0 spiro atoms. The molecule has 0 aliphatic carbocycles. The summed E-state index contributed by atoms with van der Waals surface area (Å²) in [5.41, 5.74) is 2.86. The largest absolute Gasteiger partial charge is 0.352 e. The van der Waals surface area contributed by atoms with Crippen LogP contribution in [0.15, 0.2) is 78.9 Å². The minimum atomic E-state index is -0.620. The normalized spacial score (nSPS) is 12.7. The molecule has 0 saturated carbocycles. The Balaban J connectivity index is 1.98. The molecule has 0 unspecified atom stereocenters. The third-order valence-corrected chi connectivity index (χ3v) is 7.11. The Hall–Kier alpha value is -2.82. The van der Waals surface area contributed by atoms with Crippen LogP contribution < -0.4 is 5.32 Å². The Kier molecular flexibility index (Phi) is 10.4. The van der Waals surface area contributed by atoms with Crippen molar-refractivity contribution in [2.24, 2.45) is 0 Å². The van der Waals surface area contributed by atoms with E-state index in [0.717, 1.165) is 23.1 Å². The van der Waals surface area contributed by atoms with E-state index in [4.69, 9.17) is 23.2 Å². The van der Waals surface area contributed by atoms with Crippen LogP contribution in [0.4, 0.5) is 0 Å². The molecule has 0 aliphatic rings. The lowest BCUT2D eigenvalue weighted by Crippen LogP contribution is -2.51. The number of carbonyl (C=O) groups excluding carboxylic acids is 2. The van der Waals surface area contributed by atoms with E-state index >= 15 is 0 Å². The molecule has 0 aromatic heterocycles. The maximum Gasteiger partial charge on any atom is 0.243 e. The minimum Gasteiger partial charge on any atom is -0.352 e. The quantitative estimate of drug-likeness (QED) is 0.287. The molecule has 0 radical (unpaired) electrons. The van der Waals surface area contributed by atoms with Crippen LogP contribution in [0.5, 0.6) is 0 Å². The Bertz CT molecular complexity index is 1100. The van der Waals surface area contributed by atoms with Gasteiger partial charge in [0.05, 0.1) is 0 Å². The second-order valence-corrected chi connectivity index (χ2v) is 9.92. The van der Waals surface area contributed by atoms with Gasteiger partial charge in [0, 0.05) is 35.0 Å². The molecule has 0 bridgehead atoms. The summed E-state index contributed by atoms with van der Waals surface area (Å²) in [5, 5.41) is 4.05.